The van der Waals surface area contributed by atoms with E-state index in [4.69, 9.17) is 11.2 Å². The topological polar surface area (TPSA) is 250 Å². The van der Waals surface area contributed by atoms with Gasteiger partial charge in [-0.15, -0.1) is 13.0 Å². The lowest BCUT2D eigenvalue weighted by Gasteiger charge is -2.36. The van der Waals surface area contributed by atoms with Gasteiger partial charge in [-0.1, -0.05) is 55.5 Å². The van der Waals surface area contributed by atoms with Gasteiger partial charge in [0.15, 0.2) is 17.3 Å². The number of terminal acetylenes is 1. The van der Waals surface area contributed by atoms with E-state index in [1.807, 2.05) is 26.0 Å². The van der Waals surface area contributed by atoms with Crippen LogP contribution in [0.2, 0.25) is 0 Å². The van der Waals surface area contributed by atoms with Crippen LogP contribution in [-0.4, -0.2) is 133 Å². The smallest absolute Gasteiger partial charge is 0.398 e. The van der Waals surface area contributed by atoms with Crippen molar-refractivity contribution in [3.05, 3.63) is 114 Å². The van der Waals surface area contributed by atoms with Crippen molar-refractivity contribution in [3.8, 4) is 18.1 Å². The number of pyridine rings is 1. The Balaban J connectivity index is 0.830. The van der Waals surface area contributed by atoms with E-state index in [1.54, 1.807) is 56.6 Å². The predicted octanol–water partition coefficient (Wildman–Crippen LogP) is 4.94. The van der Waals surface area contributed by atoms with Crippen molar-refractivity contribution in [3.63, 3.8) is 0 Å². The Hall–Kier alpha value is -7.64. The number of rotatable bonds is 22. The van der Waals surface area contributed by atoms with Crippen molar-refractivity contribution >= 4 is 52.4 Å². The van der Waals surface area contributed by atoms with Gasteiger partial charge in [0.25, 0.3) is 11.8 Å². The highest BCUT2D eigenvalue weighted by molar-refractivity contribution is 6.37. The number of aliphatic hydroxyl groups excluding tert-OH is 1. The molecule has 2 fully saturated rings. The number of hydrogen-bond acceptors (Lipinski definition) is 15. The van der Waals surface area contributed by atoms with Gasteiger partial charge >= 0.3 is 5.88 Å². The molecular weight excluding hydrogens is 962 g/mol. The molecule has 396 valence electrons. The minimum atomic E-state index is -1.14. The average molecular weight is 1030 g/mol. The fourth-order valence-electron chi connectivity index (χ4n) is 9.00. The number of unbranched alkanes of at least 4 members (excludes halogenated alkanes) is 3. The number of benzene rings is 2. The monoisotopic (exact) mass is 1030 g/mol. The largest absolute Gasteiger partial charge is 0.505 e. The Morgan fingerprint density at radius 3 is 2.49 bits per heavy atom. The van der Waals surface area contributed by atoms with Crippen LogP contribution in [0.3, 0.4) is 0 Å². The number of likely N-dealkylation sites (tertiary alicyclic amines) is 1. The van der Waals surface area contributed by atoms with Crippen molar-refractivity contribution < 1.29 is 48.8 Å². The van der Waals surface area contributed by atoms with Crippen LogP contribution in [0, 0.1) is 24.1 Å². The summed E-state index contributed by atoms with van der Waals surface area (Å²) in [5, 5.41) is 50.3. The first-order valence-corrected chi connectivity index (χ1v) is 25.3. The quantitative estimate of drug-likeness (QED) is 0.0239. The maximum atomic E-state index is 14.5. The molecule has 0 saturated carbocycles. The van der Waals surface area contributed by atoms with Gasteiger partial charge in [-0.2, -0.15) is 9.97 Å². The van der Waals surface area contributed by atoms with Gasteiger partial charge in [-0.05, 0) is 76.6 Å². The minimum absolute atomic E-state index is 0.00875. The van der Waals surface area contributed by atoms with Crippen LogP contribution in [0.1, 0.15) is 99.9 Å². The molecule has 0 aliphatic carbocycles. The number of carbonyl (C=O) groups excluding carboxylic acids is 3. The van der Waals surface area contributed by atoms with Crippen LogP contribution in [0.25, 0.3) is 0 Å². The van der Waals surface area contributed by atoms with E-state index in [9.17, 15) is 34.1 Å². The summed E-state index contributed by atoms with van der Waals surface area (Å²) in [7, 11) is 0. The maximum absolute atomic E-state index is 14.5. The predicted molar refractivity (Wildman–Crippen MR) is 280 cm³/mol. The van der Waals surface area contributed by atoms with Crippen molar-refractivity contribution in [2.24, 2.45) is 16.3 Å². The van der Waals surface area contributed by atoms with Crippen LogP contribution in [-0.2, 0) is 19.9 Å². The molecule has 7 rings (SSSR count). The normalized spacial score (nSPS) is 17.8. The number of phenols is 1. The lowest BCUT2D eigenvalue weighted by atomic mass is 10.0. The van der Waals surface area contributed by atoms with E-state index >= 15 is 0 Å². The number of nitrogens with one attached hydrogen (secondary N) is 3. The number of anilines is 3. The zero-order chi connectivity index (χ0) is 53.8. The molecule has 0 unspecified atom stereocenters. The van der Waals surface area contributed by atoms with E-state index in [2.05, 4.69) is 75.7 Å². The van der Waals surface area contributed by atoms with Gasteiger partial charge in [0.1, 0.15) is 27.5 Å². The van der Waals surface area contributed by atoms with E-state index in [0.29, 0.717) is 29.9 Å². The number of halogens is 1. The van der Waals surface area contributed by atoms with Crippen molar-refractivity contribution in [1.82, 2.24) is 35.4 Å². The van der Waals surface area contributed by atoms with E-state index < -0.39 is 47.2 Å². The number of nitrogens with two attached hydrogens (primary N) is 1. The number of aromatic nitrogens is 3. The molecular formula is C54H68FN13O7+2. The summed E-state index contributed by atoms with van der Waals surface area (Å²) in [4.78, 5) is 60.4. The van der Waals surface area contributed by atoms with Gasteiger partial charge in [-0.3, -0.25) is 19.3 Å². The first kappa shape index (κ1) is 55.1. The fraction of sp³-hybridized carbons (Fsp3) is 0.426. The Morgan fingerprint density at radius 1 is 1.04 bits per heavy atom. The first-order chi connectivity index (χ1) is 35.9. The highest BCUT2D eigenvalue weighted by Gasteiger charge is 2.43. The number of phenolic OH excluding ortho intramolecular Hbond substituents is 1. The van der Waals surface area contributed by atoms with Crippen molar-refractivity contribution in [2.45, 2.75) is 90.5 Å². The molecule has 3 aliphatic rings. The molecule has 4 aromatic rings. The summed E-state index contributed by atoms with van der Waals surface area (Å²) in [6.07, 6.45) is 12.8. The van der Waals surface area contributed by atoms with Gasteiger partial charge < -0.3 is 45.8 Å². The minimum Gasteiger partial charge on any atom is -0.505 e. The van der Waals surface area contributed by atoms with Crippen LogP contribution >= 0.6 is 0 Å². The number of piperazine rings is 1. The van der Waals surface area contributed by atoms with Gasteiger partial charge in [0, 0.05) is 74.6 Å². The lowest BCUT2D eigenvalue weighted by molar-refractivity contribution is -0.487. The Kier molecular flexibility index (Phi) is 18.4. The number of β-amino-alcohol motifs (C(OH)–C–C–N with tert-alkyl or cyclic N) is 1. The molecule has 3 aliphatic heterocycles. The number of carbonyl (C=O) groups is 3. The number of amides is 3. The molecule has 20 nitrogen and oxygen atoms in total. The second-order valence-electron chi connectivity index (χ2n) is 19.5. The van der Waals surface area contributed by atoms with E-state index in [-0.39, 0.29) is 59.6 Å². The number of hydrogen-bond donors (Lipinski definition) is 7. The number of aliphatic hydroxyl groups is 2. The van der Waals surface area contributed by atoms with Gasteiger partial charge in [0.05, 0.1) is 36.2 Å². The van der Waals surface area contributed by atoms with Gasteiger partial charge in [0.2, 0.25) is 29.7 Å². The van der Waals surface area contributed by atoms with E-state index in [1.165, 1.54) is 27.9 Å². The Labute approximate surface area is 436 Å². The molecule has 2 aromatic heterocycles. The zero-order valence-corrected chi connectivity index (χ0v) is 43.2. The van der Waals surface area contributed by atoms with E-state index in [0.717, 1.165) is 69.8 Å². The summed E-state index contributed by atoms with van der Waals surface area (Å²) in [6, 6.07) is 14.3. The summed E-state index contributed by atoms with van der Waals surface area (Å²) < 4.78 is 21.8. The molecule has 8 N–H and O–H groups in total. The molecule has 0 spiro atoms. The lowest BCUT2D eigenvalue weighted by Crippen LogP contribution is -2.73. The number of ether oxygens (including phenoxy) is 1. The number of aromatic hydroxyl groups is 1. The summed E-state index contributed by atoms with van der Waals surface area (Å²) >= 11 is 0. The highest BCUT2D eigenvalue weighted by Crippen LogP contribution is 2.30. The van der Waals surface area contributed by atoms with Crippen LogP contribution in [0.4, 0.5) is 33.3 Å². The first-order valence-electron chi connectivity index (χ1n) is 25.3. The summed E-state index contributed by atoms with van der Waals surface area (Å²) in [6.45, 7) is 17.5. The standard InChI is InChI=1S/C54H66FN13O7/c1-8-23-56-50(71)41-31-57-53(62-49(41)61-44-16-14-15-43(60-44)54(6,7)74)59-37-18-20-38(21-19-37)66-27-25-65(26-28-66)24-12-10-11-13-29-75-45-33-68(64-63-45)47(34(3)4)52(73)67-32-39(69)30-42(67)51(72)58-35(5)40-22-17-36(9-2)46(55)48(40)70/h2,8,14-22,31,33-35,39,42,69,74H,1,10-13,23-30,32H2,3-7H3,(H4-,56,57,58,59,60,61,62,70,71,72)/p+2/b68-47+/t35-,39+,42-/m0/s1. The molecule has 21 heteroatoms. The molecule has 2 saturated heterocycles. The molecule has 75 heavy (non-hydrogen) atoms. The fourth-order valence-corrected chi connectivity index (χ4v) is 9.00. The second-order valence-corrected chi connectivity index (χ2v) is 19.5. The molecule has 0 bridgehead atoms. The van der Waals surface area contributed by atoms with Crippen molar-refractivity contribution in [1.29, 1.82) is 0 Å². The summed E-state index contributed by atoms with van der Waals surface area (Å²) in [5.74, 6) is 0.248. The average Bonchev–Trinajstić information content (AvgIpc) is 4.03. The summed E-state index contributed by atoms with van der Waals surface area (Å²) in [5.41, 5.74) is 1.77. The third kappa shape index (κ3) is 14.2. The van der Waals surface area contributed by atoms with Crippen LogP contribution in [0.5, 0.6) is 5.75 Å². The van der Waals surface area contributed by atoms with Crippen LogP contribution < -0.4 is 26.2 Å². The molecule has 3 atom stereocenters. The number of nitrogens with zero attached hydrogens (tertiary/aromatic N) is 9. The maximum Gasteiger partial charge on any atom is 0.398 e. The van der Waals surface area contributed by atoms with Crippen molar-refractivity contribution in [2.75, 3.05) is 62.6 Å². The third-order valence-electron chi connectivity index (χ3n) is 13.1. The second kappa shape index (κ2) is 25.1. The highest BCUT2D eigenvalue weighted by atomic mass is 19.1. The molecule has 5 heterocycles. The zero-order valence-electron chi connectivity index (χ0n) is 43.2. The molecule has 0 radical (unpaired) electrons. The Bertz CT molecular complexity index is 2850. The number of quaternary nitrogens is 1. The Morgan fingerprint density at radius 2 is 1.79 bits per heavy atom. The van der Waals surface area contributed by atoms with Gasteiger partial charge in [-0.25, -0.2) is 14.7 Å². The molecule has 3 amide bonds. The third-order valence-corrected chi connectivity index (χ3v) is 13.1. The molecule has 2 aromatic carbocycles. The SMILES string of the molecule is C#Cc1ccc([C@H](C)NC(=O)[C@@H]2C[C@@H](O)CN2C(=O)/C(C(C)C)=[N+]2\C=C(OCCCCCCN3CCN(c4ccc(Nc5ncc(C(=O)NCC=C)c([NH2+]c6cccc(C(C)(C)O)n6)n5)cc4)CC3)N=N2)c(O)c1F. The van der Waals surface area contributed by atoms with Crippen LogP contribution in [0.15, 0.2) is 95.9 Å².